The number of nitrogens with one attached hydrogen (secondary N) is 2. The Kier molecular flexibility index (Phi) is 3.70. The van der Waals surface area contributed by atoms with Crippen molar-refractivity contribution in [2.45, 2.75) is 12.8 Å². The van der Waals surface area contributed by atoms with Crippen molar-refractivity contribution >= 4 is 11.0 Å². The van der Waals surface area contributed by atoms with Gasteiger partial charge < -0.3 is 14.7 Å². The molecule has 0 aliphatic rings. The number of hydrogen-bond donors (Lipinski definition) is 2. The van der Waals surface area contributed by atoms with E-state index in [1.54, 1.807) is 0 Å². The van der Waals surface area contributed by atoms with Crippen LogP contribution in [-0.2, 0) is 6.18 Å². The minimum Gasteiger partial charge on any atom is -0.415 e. The Morgan fingerprint density at radius 3 is 2.33 bits per heavy atom. The summed E-state index contributed by atoms with van der Waals surface area (Å²) in [6.45, 7) is -3.08. The van der Waals surface area contributed by atoms with E-state index in [0.29, 0.717) is 0 Å². The molecular formula is C13H7F5N4O2. The van der Waals surface area contributed by atoms with E-state index < -0.39 is 35.4 Å². The third-order valence-corrected chi connectivity index (χ3v) is 3.10. The summed E-state index contributed by atoms with van der Waals surface area (Å²) in [6.07, 6.45) is -2.72. The first-order chi connectivity index (χ1) is 11.3. The summed E-state index contributed by atoms with van der Waals surface area (Å²) in [6, 6.07) is 1.89. The minimum absolute atomic E-state index is 0.0746. The van der Waals surface area contributed by atoms with Gasteiger partial charge in [-0.15, -0.1) is 0 Å². The second-order valence-electron chi connectivity index (χ2n) is 4.61. The third-order valence-electron chi connectivity index (χ3n) is 3.10. The van der Waals surface area contributed by atoms with Gasteiger partial charge in [-0.1, -0.05) is 0 Å². The average Bonchev–Trinajstić information content (AvgIpc) is 2.86. The largest absolute Gasteiger partial charge is 0.418 e. The van der Waals surface area contributed by atoms with Crippen molar-refractivity contribution in [2.75, 3.05) is 0 Å². The molecular weight excluding hydrogens is 339 g/mol. The molecule has 0 bridgehead atoms. The van der Waals surface area contributed by atoms with Crippen molar-refractivity contribution in [1.82, 2.24) is 19.9 Å². The van der Waals surface area contributed by atoms with E-state index in [2.05, 4.69) is 24.7 Å². The number of halogens is 5. The van der Waals surface area contributed by atoms with Crippen molar-refractivity contribution in [1.29, 1.82) is 0 Å². The molecule has 0 radical (unpaired) electrons. The second kappa shape index (κ2) is 5.58. The van der Waals surface area contributed by atoms with Crippen molar-refractivity contribution in [2.24, 2.45) is 0 Å². The number of benzene rings is 1. The van der Waals surface area contributed by atoms with Gasteiger partial charge in [-0.2, -0.15) is 22.0 Å². The molecule has 2 heterocycles. The van der Waals surface area contributed by atoms with E-state index in [4.69, 9.17) is 0 Å². The van der Waals surface area contributed by atoms with E-state index in [1.165, 1.54) is 0 Å². The van der Waals surface area contributed by atoms with Gasteiger partial charge in [0.25, 0.3) is 0 Å². The molecule has 24 heavy (non-hydrogen) atoms. The quantitative estimate of drug-likeness (QED) is 0.714. The number of alkyl halides is 5. The maximum absolute atomic E-state index is 13.0. The molecule has 11 heteroatoms. The first-order valence-corrected chi connectivity index (χ1v) is 6.35. The molecule has 0 spiro atoms. The van der Waals surface area contributed by atoms with E-state index in [0.717, 1.165) is 24.5 Å². The van der Waals surface area contributed by atoms with Gasteiger partial charge in [-0.05, 0) is 12.1 Å². The molecule has 0 saturated heterocycles. The van der Waals surface area contributed by atoms with Gasteiger partial charge in [-0.3, -0.25) is 0 Å². The SMILES string of the molecule is O=c1[nH]c2c(-c3cnc(OC(F)F)cn3)ccc(C(F)(F)F)c2[nH]1. The molecule has 0 aliphatic carbocycles. The maximum Gasteiger partial charge on any atom is 0.418 e. The lowest BCUT2D eigenvalue weighted by atomic mass is 10.1. The Hall–Kier alpha value is -2.98. The molecule has 0 saturated carbocycles. The first kappa shape index (κ1) is 15.9. The average molecular weight is 346 g/mol. The van der Waals surface area contributed by atoms with Crippen molar-refractivity contribution < 1.29 is 26.7 Å². The van der Waals surface area contributed by atoms with Crippen molar-refractivity contribution in [3.8, 4) is 17.1 Å². The molecule has 1 aromatic carbocycles. The molecule has 6 nitrogen and oxygen atoms in total. The van der Waals surface area contributed by atoms with E-state index in [9.17, 15) is 26.7 Å². The number of rotatable bonds is 3. The molecule has 2 aromatic heterocycles. The Bertz CT molecular complexity index is 930. The number of H-pyrrole nitrogens is 2. The number of aromatic nitrogens is 4. The summed E-state index contributed by atoms with van der Waals surface area (Å²) in [4.78, 5) is 23.1. The smallest absolute Gasteiger partial charge is 0.415 e. The lowest BCUT2D eigenvalue weighted by Crippen LogP contribution is -2.07. The van der Waals surface area contributed by atoms with E-state index >= 15 is 0 Å². The van der Waals surface area contributed by atoms with Crippen molar-refractivity contribution in [3.05, 3.63) is 40.6 Å². The monoisotopic (exact) mass is 346 g/mol. The van der Waals surface area contributed by atoms with Crippen LogP contribution in [0.25, 0.3) is 22.3 Å². The van der Waals surface area contributed by atoms with E-state index in [-0.39, 0.29) is 16.8 Å². The molecule has 0 atom stereocenters. The second-order valence-corrected chi connectivity index (χ2v) is 4.61. The van der Waals surface area contributed by atoms with Crippen LogP contribution in [0, 0.1) is 0 Å². The Morgan fingerprint density at radius 2 is 1.75 bits per heavy atom. The minimum atomic E-state index is -4.66. The van der Waals surface area contributed by atoms with Gasteiger partial charge in [-0.25, -0.2) is 14.8 Å². The summed E-state index contributed by atoms with van der Waals surface area (Å²) < 4.78 is 67.1. The number of nitrogens with zero attached hydrogens (tertiary/aromatic N) is 2. The summed E-state index contributed by atoms with van der Waals surface area (Å²) >= 11 is 0. The number of fused-ring (bicyclic) bond motifs is 1. The standard InChI is InChI=1S/C13H7F5N4O2/c14-11(15)24-8-4-19-7(3-20-8)5-1-2-6(13(16,17)18)10-9(5)21-12(23)22-10/h1-4,11H,(H2,21,22,23). The lowest BCUT2D eigenvalue weighted by molar-refractivity contribution is -0.136. The van der Waals surface area contributed by atoms with Crippen molar-refractivity contribution in [3.63, 3.8) is 0 Å². The van der Waals surface area contributed by atoms with Crippen LogP contribution in [0.4, 0.5) is 22.0 Å². The Morgan fingerprint density at radius 1 is 1.04 bits per heavy atom. The fourth-order valence-electron chi connectivity index (χ4n) is 2.18. The van der Waals surface area contributed by atoms with Gasteiger partial charge in [0.2, 0.25) is 5.88 Å². The number of ether oxygens (including phenoxy) is 1. The highest BCUT2D eigenvalue weighted by Crippen LogP contribution is 2.36. The molecule has 3 aromatic rings. The van der Waals surface area contributed by atoms with Crippen LogP contribution in [0.1, 0.15) is 5.56 Å². The fourth-order valence-corrected chi connectivity index (χ4v) is 2.18. The highest BCUT2D eigenvalue weighted by Gasteiger charge is 2.34. The number of aromatic amines is 2. The topological polar surface area (TPSA) is 83.7 Å². The molecule has 0 aliphatic heterocycles. The summed E-state index contributed by atoms with van der Waals surface area (Å²) in [5.41, 5.74) is -2.18. The van der Waals surface area contributed by atoms with Gasteiger partial charge >= 0.3 is 18.5 Å². The predicted octanol–water partition coefficient (Wildman–Crippen LogP) is 2.93. The highest BCUT2D eigenvalue weighted by atomic mass is 19.4. The number of hydrogen-bond acceptors (Lipinski definition) is 4. The highest BCUT2D eigenvalue weighted by molar-refractivity contribution is 5.92. The zero-order valence-electron chi connectivity index (χ0n) is 11.5. The summed E-state index contributed by atoms with van der Waals surface area (Å²) in [5, 5.41) is 0. The third kappa shape index (κ3) is 2.92. The van der Waals surface area contributed by atoms with Crippen LogP contribution in [-0.4, -0.2) is 26.5 Å². The molecule has 126 valence electrons. The van der Waals surface area contributed by atoms with Crippen LogP contribution in [0.2, 0.25) is 0 Å². The summed E-state index contributed by atoms with van der Waals surface area (Å²) in [5.74, 6) is -0.445. The molecule has 0 unspecified atom stereocenters. The van der Waals surface area contributed by atoms with Crippen LogP contribution >= 0.6 is 0 Å². The predicted molar refractivity (Wildman–Crippen MR) is 71.6 cm³/mol. The zero-order valence-corrected chi connectivity index (χ0v) is 11.5. The van der Waals surface area contributed by atoms with Crippen LogP contribution in [0.5, 0.6) is 5.88 Å². The van der Waals surface area contributed by atoms with Crippen LogP contribution in [0.15, 0.2) is 29.3 Å². The molecule has 0 amide bonds. The maximum atomic E-state index is 13.0. The first-order valence-electron chi connectivity index (χ1n) is 6.35. The normalized spacial score (nSPS) is 12.1. The van der Waals surface area contributed by atoms with Gasteiger partial charge in [0.05, 0.1) is 34.7 Å². The number of imidazole rings is 1. The lowest BCUT2D eigenvalue weighted by Gasteiger charge is -2.10. The Labute approximate surface area is 129 Å². The van der Waals surface area contributed by atoms with Gasteiger partial charge in [0.1, 0.15) is 0 Å². The fraction of sp³-hybridized carbons (Fsp3) is 0.154. The van der Waals surface area contributed by atoms with Gasteiger partial charge in [0.15, 0.2) is 0 Å². The Balaban J connectivity index is 2.12. The van der Waals surface area contributed by atoms with Crippen LogP contribution < -0.4 is 10.4 Å². The van der Waals surface area contributed by atoms with Crippen LogP contribution in [0.3, 0.4) is 0 Å². The van der Waals surface area contributed by atoms with E-state index in [1.807, 2.05) is 0 Å². The zero-order chi connectivity index (χ0) is 17.5. The molecule has 0 fully saturated rings. The van der Waals surface area contributed by atoms with Gasteiger partial charge in [0, 0.05) is 5.56 Å². The molecule has 2 N–H and O–H groups in total. The molecule has 3 rings (SSSR count). The summed E-state index contributed by atoms with van der Waals surface area (Å²) in [7, 11) is 0.